The van der Waals surface area contributed by atoms with Crippen LogP contribution in [0.4, 0.5) is 5.69 Å². The topological polar surface area (TPSA) is 41.1 Å². The molecule has 0 radical (unpaired) electrons. The molecule has 1 rings (SSSR count). The average Bonchev–Trinajstić information content (AvgIpc) is 2.25. The van der Waals surface area contributed by atoms with Crippen LogP contribution in [0.1, 0.15) is 15.9 Å². The van der Waals surface area contributed by atoms with Crippen molar-refractivity contribution in [3.63, 3.8) is 0 Å². The first-order valence-electron chi connectivity index (χ1n) is 4.86. The Morgan fingerprint density at radius 2 is 2.27 bits per heavy atom. The smallest absolute Gasteiger partial charge is 0.253 e. The molecule has 0 spiro atoms. The Morgan fingerprint density at radius 3 is 2.87 bits per heavy atom. The zero-order valence-corrected chi connectivity index (χ0v) is 9.13. The van der Waals surface area contributed by atoms with Gasteiger partial charge in [0.25, 0.3) is 5.91 Å². The molecule has 0 aliphatic rings. The third-order valence-corrected chi connectivity index (χ3v) is 2.10. The summed E-state index contributed by atoms with van der Waals surface area (Å²) >= 11 is 0. The maximum atomic E-state index is 11.7. The van der Waals surface area contributed by atoms with E-state index in [1.165, 1.54) is 0 Å². The summed E-state index contributed by atoms with van der Waals surface area (Å²) in [4.78, 5) is 11.7. The van der Waals surface area contributed by atoms with Crippen molar-refractivity contribution in [1.82, 2.24) is 5.32 Å². The SMILES string of the molecule is C=CCNC(=O)c1cc(C)ccc1NC. The van der Waals surface area contributed by atoms with Gasteiger partial charge in [0.15, 0.2) is 0 Å². The largest absolute Gasteiger partial charge is 0.387 e. The van der Waals surface area contributed by atoms with Gasteiger partial charge in [-0.25, -0.2) is 0 Å². The molecule has 0 aromatic heterocycles. The van der Waals surface area contributed by atoms with Crippen molar-refractivity contribution in [2.24, 2.45) is 0 Å². The Morgan fingerprint density at radius 1 is 1.53 bits per heavy atom. The lowest BCUT2D eigenvalue weighted by atomic mass is 10.1. The molecule has 3 nitrogen and oxygen atoms in total. The Kier molecular flexibility index (Phi) is 3.92. The van der Waals surface area contributed by atoms with Crippen molar-refractivity contribution in [1.29, 1.82) is 0 Å². The van der Waals surface area contributed by atoms with Crippen LogP contribution in [-0.2, 0) is 0 Å². The highest BCUT2D eigenvalue weighted by Crippen LogP contribution is 2.16. The molecular formula is C12H16N2O. The minimum atomic E-state index is -0.0806. The fraction of sp³-hybridized carbons (Fsp3) is 0.250. The number of nitrogens with one attached hydrogen (secondary N) is 2. The summed E-state index contributed by atoms with van der Waals surface area (Å²) in [5.41, 5.74) is 2.57. The van der Waals surface area contributed by atoms with E-state index < -0.39 is 0 Å². The van der Waals surface area contributed by atoms with Gasteiger partial charge in [0.1, 0.15) is 0 Å². The van der Waals surface area contributed by atoms with Crippen LogP contribution >= 0.6 is 0 Å². The predicted molar refractivity (Wildman–Crippen MR) is 63.3 cm³/mol. The monoisotopic (exact) mass is 204 g/mol. The number of hydrogen-bond donors (Lipinski definition) is 2. The molecule has 0 unspecified atom stereocenters. The van der Waals surface area contributed by atoms with Crippen molar-refractivity contribution in [2.45, 2.75) is 6.92 Å². The average molecular weight is 204 g/mol. The summed E-state index contributed by atoms with van der Waals surface area (Å²) in [5.74, 6) is -0.0806. The van der Waals surface area contributed by atoms with Crippen LogP contribution in [0.25, 0.3) is 0 Å². The van der Waals surface area contributed by atoms with Gasteiger partial charge in [-0.2, -0.15) is 0 Å². The fourth-order valence-corrected chi connectivity index (χ4v) is 1.32. The van der Waals surface area contributed by atoms with Gasteiger partial charge in [-0.3, -0.25) is 4.79 Å². The van der Waals surface area contributed by atoms with Gasteiger partial charge in [-0.05, 0) is 19.1 Å². The van der Waals surface area contributed by atoms with Crippen LogP contribution in [0.5, 0.6) is 0 Å². The number of aryl methyl sites for hydroxylation is 1. The molecule has 1 aromatic carbocycles. The van der Waals surface area contributed by atoms with Crippen LogP contribution in [0, 0.1) is 6.92 Å². The van der Waals surface area contributed by atoms with Gasteiger partial charge in [-0.1, -0.05) is 17.7 Å². The Balaban J connectivity index is 2.94. The quantitative estimate of drug-likeness (QED) is 0.736. The molecule has 0 saturated heterocycles. The molecule has 0 heterocycles. The van der Waals surface area contributed by atoms with Gasteiger partial charge in [0.2, 0.25) is 0 Å². The van der Waals surface area contributed by atoms with E-state index >= 15 is 0 Å². The van der Waals surface area contributed by atoms with Gasteiger partial charge in [0.05, 0.1) is 5.56 Å². The zero-order valence-electron chi connectivity index (χ0n) is 9.13. The molecule has 80 valence electrons. The molecule has 0 fully saturated rings. The number of rotatable bonds is 4. The third-order valence-electron chi connectivity index (χ3n) is 2.10. The lowest BCUT2D eigenvalue weighted by Crippen LogP contribution is -2.24. The van der Waals surface area contributed by atoms with E-state index in [9.17, 15) is 4.79 Å². The summed E-state index contributed by atoms with van der Waals surface area (Å²) in [6.45, 7) is 6.00. The van der Waals surface area contributed by atoms with Crippen molar-refractivity contribution < 1.29 is 4.79 Å². The molecule has 2 N–H and O–H groups in total. The second-order valence-electron chi connectivity index (χ2n) is 3.30. The van der Waals surface area contributed by atoms with E-state index in [0.717, 1.165) is 11.3 Å². The van der Waals surface area contributed by atoms with E-state index in [4.69, 9.17) is 0 Å². The molecule has 0 bridgehead atoms. The lowest BCUT2D eigenvalue weighted by molar-refractivity contribution is 0.0958. The highest BCUT2D eigenvalue weighted by Gasteiger charge is 2.09. The minimum absolute atomic E-state index is 0.0806. The summed E-state index contributed by atoms with van der Waals surface area (Å²) in [5, 5.41) is 5.75. The number of hydrogen-bond acceptors (Lipinski definition) is 2. The van der Waals surface area contributed by atoms with Crippen molar-refractivity contribution in [2.75, 3.05) is 18.9 Å². The first-order valence-corrected chi connectivity index (χ1v) is 4.86. The molecule has 1 aromatic rings. The molecule has 0 saturated carbocycles. The minimum Gasteiger partial charge on any atom is -0.387 e. The number of amides is 1. The van der Waals surface area contributed by atoms with Crippen molar-refractivity contribution in [3.05, 3.63) is 42.0 Å². The van der Waals surface area contributed by atoms with Crippen LogP contribution in [-0.4, -0.2) is 19.5 Å². The van der Waals surface area contributed by atoms with Crippen molar-refractivity contribution >= 4 is 11.6 Å². The summed E-state index contributed by atoms with van der Waals surface area (Å²) in [6, 6.07) is 5.73. The molecular weight excluding hydrogens is 188 g/mol. The van der Waals surface area contributed by atoms with Crippen LogP contribution < -0.4 is 10.6 Å². The second-order valence-corrected chi connectivity index (χ2v) is 3.30. The Bertz CT molecular complexity index is 372. The van der Waals surface area contributed by atoms with Gasteiger partial charge in [0, 0.05) is 19.3 Å². The maximum Gasteiger partial charge on any atom is 0.253 e. The van der Waals surface area contributed by atoms with Gasteiger partial charge >= 0.3 is 0 Å². The molecule has 0 atom stereocenters. The molecule has 1 amide bonds. The first kappa shape index (κ1) is 11.3. The van der Waals surface area contributed by atoms with E-state index in [1.807, 2.05) is 25.1 Å². The highest BCUT2D eigenvalue weighted by atomic mass is 16.1. The van der Waals surface area contributed by atoms with Gasteiger partial charge < -0.3 is 10.6 Å². The molecule has 0 aliphatic carbocycles. The predicted octanol–water partition coefficient (Wildman–Crippen LogP) is 1.95. The van der Waals surface area contributed by atoms with Crippen LogP contribution in [0.2, 0.25) is 0 Å². The van der Waals surface area contributed by atoms with Crippen molar-refractivity contribution in [3.8, 4) is 0 Å². The number of carbonyl (C=O) groups excluding carboxylic acids is 1. The van der Waals surface area contributed by atoms with E-state index in [-0.39, 0.29) is 5.91 Å². The number of benzene rings is 1. The Hall–Kier alpha value is -1.77. The maximum absolute atomic E-state index is 11.7. The summed E-state index contributed by atoms with van der Waals surface area (Å²) in [7, 11) is 1.80. The number of carbonyl (C=O) groups is 1. The lowest BCUT2D eigenvalue weighted by Gasteiger charge is -2.09. The molecule has 3 heteroatoms. The highest BCUT2D eigenvalue weighted by molar-refractivity contribution is 5.99. The molecule has 0 aliphatic heterocycles. The molecule has 15 heavy (non-hydrogen) atoms. The van der Waals surface area contributed by atoms with E-state index in [1.54, 1.807) is 13.1 Å². The fourth-order valence-electron chi connectivity index (χ4n) is 1.32. The van der Waals surface area contributed by atoms with Crippen LogP contribution in [0.3, 0.4) is 0 Å². The summed E-state index contributed by atoms with van der Waals surface area (Å²) < 4.78 is 0. The van der Waals surface area contributed by atoms with E-state index in [0.29, 0.717) is 12.1 Å². The van der Waals surface area contributed by atoms with Gasteiger partial charge in [-0.15, -0.1) is 6.58 Å². The normalized spacial score (nSPS) is 9.47. The number of anilines is 1. The first-order chi connectivity index (χ1) is 7.19. The standard InChI is InChI=1S/C12H16N2O/c1-4-7-14-12(15)10-8-9(2)5-6-11(10)13-3/h4-6,8,13H,1,7H2,2-3H3,(H,14,15). The Labute approximate surface area is 90.2 Å². The van der Waals surface area contributed by atoms with Crippen LogP contribution in [0.15, 0.2) is 30.9 Å². The second kappa shape index (κ2) is 5.20. The summed E-state index contributed by atoms with van der Waals surface area (Å²) in [6.07, 6.45) is 1.66. The van der Waals surface area contributed by atoms with E-state index in [2.05, 4.69) is 17.2 Å². The third kappa shape index (κ3) is 2.84. The zero-order chi connectivity index (χ0) is 11.3.